The predicted molar refractivity (Wildman–Crippen MR) is 62.5 cm³/mol. The monoisotopic (exact) mass is 317 g/mol. The van der Waals surface area contributed by atoms with E-state index in [1.807, 2.05) is 0 Å². The highest BCUT2D eigenvalue weighted by molar-refractivity contribution is 6.35. The van der Waals surface area contributed by atoms with Crippen LogP contribution in [0.5, 0.6) is 0 Å². The molecule has 1 aromatic rings. The van der Waals surface area contributed by atoms with Gasteiger partial charge >= 0.3 is 6.18 Å². The van der Waals surface area contributed by atoms with E-state index in [4.69, 9.17) is 28.0 Å². The van der Waals surface area contributed by atoms with E-state index >= 15 is 0 Å². The summed E-state index contributed by atoms with van der Waals surface area (Å²) in [6, 6.07) is 1.80. The van der Waals surface area contributed by atoms with Crippen molar-refractivity contribution in [2.24, 2.45) is 0 Å². The standard InChI is InChI=1S/C11H9Cl2F4NO/c1-18-3-2-10(19-18,11(15,16)17)6-4-7(12)9(14)8(13)5-6/h4-5H,2-3H2,1H3. The maximum atomic E-state index is 13.3. The van der Waals surface area contributed by atoms with Gasteiger partial charge in [-0.1, -0.05) is 23.2 Å². The Hall–Kier alpha value is -0.560. The Balaban J connectivity index is 2.58. The molecule has 106 valence electrons. The van der Waals surface area contributed by atoms with Gasteiger partial charge in [0.25, 0.3) is 0 Å². The largest absolute Gasteiger partial charge is 0.423 e. The molecule has 0 saturated carbocycles. The van der Waals surface area contributed by atoms with Gasteiger partial charge in [-0.3, -0.25) is 4.84 Å². The summed E-state index contributed by atoms with van der Waals surface area (Å²) in [7, 11) is 1.39. The van der Waals surface area contributed by atoms with Gasteiger partial charge in [-0.15, -0.1) is 0 Å². The van der Waals surface area contributed by atoms with Gasteiger partial charge in [0, 0.05) is 20.0 Å². The van der Waals surface area contributed by atoms with Crippen molar-refractivity contribution in [3.8, 4) is 0 Å². The first-order valence-electron chi connectivity index (χ1n) is 5.29. The van der Waals surface area contributed by atoms with E-state index in [0.717, 1.165) is 17.2 Å². The van der Waals surface area contributed by atoms with E-state index < -0.39 is 27.6 Å². The van der Waals surface area contributed by atoms with Crippen LogP contribution in [0.2, 0.25) is 10.0 Å². The number of hydroxylamine groups is 2. The normalized spacial score (nSPS) is 25.0. The summed E-state index contributed by atoms with van der Waals surface area (Å²) in [5.41, 5.74) is -2.84. The van der Waals surface area contributed by atoms with Crippen molar-refractivity contribution in [1.29, 1.82) is 0 Å². The summed E-state index contributed by atoms with van der Waals surface area (Å²) in [4.78, 5) is 4.92. The third kappa shape index (κ3) is 2.42. The molecule has 0 spiro atoms. The average Bonchev–Trinajstić information content (AvgIpc) is 2.68. The van der Waals surface area contributed by atoms with Crippen LogP contribution in [0.15, 0.2) is 12.1 Å². The van der Waals surface area contributed by atoms with Crippen molar-refractivity contribution >= 4 is 23.2 Å². The zero-order valence-electron chi connectivity index (χ0n) is 9.69. The molecule has 19 heavy (non-hydrogen) atoms. The molecule has 0 aromatic heterocycles. The molecule has 1 aliphatic heterocycles. The Morgan fingerprint density at radius 1 is 1.26 bits per heavy atom. The zero-order chi connectivity index (χ0) is 14.4. The van der Waals surface area contributed by atoms with Crippen LogP contribution in [-0.2, 0) is 10.4 Å². The Labute approximate surface area is 116 Å². The smallest absolute Gasteiger partial charge is 0.278 e. The minimum atomic E-state index is -4.66. The quantitative estimate of drug-likeness (QED) is 0.569. The van der Waals surface area contributed by atoms with Crippen molar-refractivity contribution in [2.75, 3.05) is 13.6 Å². The van der Waals surface area contributed by atoms with Gasteiger partial charge in [0.2, 0.25) is 5.60 Å². The maximum absolute atomic E-state index is 13.3. The fourth-order valence-corrected chi connectivity index (χ4v) is 2.50. The van der Waals surface area contributed by atoms with E-state index in [2.05, 4.69) is 0 Å². The second-order valence-corrected chi connectivity index (χ2v) is 5.09. The Morgan fingerprint density at radius 2 is 1.79 bits per heavy atom. The highest BCUT2D eigenvalue weighted by atomic mass is 35.5. The van der Waals surface area contributed by atoms with Gasteiger partial charge in [-0.2, -0.15) is 18.2 Å². The molecule has 0 bridgehead atoms. The van der Waals surface area contributed by atoms with Crippen molar-refractivity contribution in [2.45, 2.75) is 18.2 Å². The first-order valence-corrected chi connectivity index (χ1v) is 6.05. The number of hydrogen-bond acceptors (Lipinski definition) is 2. The lowest BCUT2D eigenvalue weighted by molar-refractivity contribution is -0.320. The summed E-state index contributed by atoms with van der Waals surface area (Å²) in [6.07, 6.45) is -4.98. The minimum Gasteiger partial charge on any atom is -0.278 e. The minimum absolute atomic E-state index is 0.0894. The molecule has 1 aromatic carbocycles. The summed E-state index contributed by atoms with van der Waals surface area (Å²) < 4.78 is 53.2. The van der Waals surface area contributed by atoms with E-state index in [9.17, 15) is 17.6 Å². The number of nitrogens with zero attached hydrogens (tertiary/aromatic N) is 1. The number of halogens is 6. The average molecular weight is 318 g/mol. The molecule has 1 aliphatic rings. The molecule has 0 amide bonds. The molecule has 1 atom stereocenters. The number of hydrogen-bond donors (Lipinski definition) is 0. The lowest BCUT2D eigenvalue weighted by Gasteiger charge is -2.31. The molecule has 2 rings (SSSR count). The third-order valence-electron chi connectivity index (χ3n) is 3.00. The SMILES string of the molecule is CN1CCC(c2cc(Cl)c(F)c(Cl)c2)(C(F)(F)F)O1. The van der Waals surface area contributed by atoms with Gasteiger partial charge in [0.1, 0.15) is 0 Å². The third-order valence-corrected chi connectivity index (χ3v) is 3.55. The molecular formula is C11H9Cl2F4NO. The van der Waals surface area contributed by atoms with Crippen LogP contribution in [0, 0.1) is 5.82 Å². The first kappa shape index (κ1) is 14.8. The predicted octanol–water partition coefficient (Wildman–Crippen LogP) is 4.16. The van der Waals surface area contributed by atoms with Crippen molar-refractivity contribution < 1.29 is 22.4 Å². The van der Waals surface area contributed by atoms with Gasteiger partial charge in [0.05, 0.1) is 10.0 Å². The van der Waals surface area contributed by atoms with E-state index in [-0.39, 0.29) is 18.5 Å². The topological polar surface area (TPSA) is 12.5 Å². The molecule has 0 radical (unpaired) electrons. The molecule has 2 nitrogen and oxygen atoms in total. The molecule has 1 heterocycles. The van der Waals surface area contributed by atoms with Crippen molar-refractivity contribution in [3.05, 3.63) is 33.6 Å². The lowest BCUT2D eigenvalue weighted by atomic mass is 9.90. The highest BCUT2D eigenvalue weighted by Crippen LogP contribution is 2.49. The number of rotatable bonds is 1. The molecule has 0 aliphatic carbocycles. The van der Waals surface area contributed by atoms with Gasteiger partial charge in [-0.05, 0) is 17.7 Å². The molecule has 1 unspecified atom stereocenters. The molecule has 1 fully saturated rings. The lowest BCUT2D eigenvalue weighted by Crippen LogP contribution is -2.42. The second-order valence-electron chi connectivity index (χ2n) is 4.27. The maximum Gasteiger partial charge on any atom is 0.423 e. The van der Waals surface area contributed by atoms with Gasteiger partial charge in [-0.25, -0.2) is 4.39 Å². The molecular weight excluding hydrogens is 309 g/mol. The van der Waals surface area contributed by atoms with E-state index in [0.29, 0.717) is 0 Å². The molecule has 0 N–H and O–H groups in total. The van der Waals surface area contributed by atoms with Crippen LogP contribution in [0.25, 0.3) is 0 Å². The van der Waals surface area contributed by atoms with Crippen molar-refractivity contribution in [1.82, 2.24) is 5.06 Å². The first-order chi connectivity index (χ1) is 8.67. The van der Waals surface area contributed by atoms with Crippen LogP contribution >= 0.6 is 23.2 Å². The highest BCUT2D eigenvalue weighted by Gasteiger charge is 2.61. The Morgan fingerprint density at radius 3 is 2.16 bits per heavy atom. The van der Waals surface area contributed by atoms with E-state index in [1.165, 1.54) is 7.05 Å². The Bertz CT molecular complexity index is 485. The molecule has 1 saturated heterocycles. The summed E-state index contributed by atoms with van der Waals surface area (Å²) in [5, 5.41) is 0.145. The van der Waals surface area contributed by atoms with Crippen LogP contribution in [0.1, 0.15) is 12.0 Å². The van der Waals surface area contributed by atoms with Crippen LogP contribution < -0.4 is 0 Å². The zero-order valence-corrected chi connectivity index (χ0v) is 11.2. The van der Waals surface area contributed by atoms with Gasteiger partial charge in [0.15, 0.2) is 5.82 Å². The van der Waals surface area contributed by atoms with Crippen LogP contribution in [0.4, 0.5) is 17.6 Å². The molecule has 8 heteroatoms. The van der Waals surface area contributed by atoms with Crippen LogP contribution in [0.3, 0.4) is 0 Å². The summed E-state index contributed by atoms with van der Waals surface area (Å²) in [6.45, 7) is 0.0894. The Kier molecular flexibility index (Phi) is 3.72. The van der Waals surface area contributed by atoms with Crippen molar-refractivity contribution in [3.63, 3.8) is 0 Å². The van der Waals surface area contributed by atoms with E-state index in [1.54, 1.807) is 0 Å². The number of alkyl halides is 3. The number of benzene rings is 1. The van der Waals surface area contributed by atoms with Gasteiger partial charge < -0.3 is 0 Å². The second kappa shape index (κ2) is 4.77. The fraction of sp³-hybridized carbons (Fsp3) is 0.455. The summed E-state index contributed by atoms with van der Waals surface area (Å²) >= 11 is 11.1. The fourth-order valence-electron chi connectivity index (χ4n) is 2.02. The summed E-state index contributed by atoms with van der Waals surface area (Å²) in [5.74, 6) is -0.948. The van der Waals surface area contributed by atoms with Crippen LogP contribution in [-0.4, -0.2) is 24.8 Å².